The van der Waals surface area contributed by atoms with Gasteiger partial charge in [-0.1, -0.05) is 30.3 Å². The van der Waals surface area contributed by atoms with Gasteiger partial charge in [-0.05, 0) is 12.5 Å². The van der Waals surface area contributed by atoms with Gasteiger partial charge in [0, 0.05) is 0 Å². The largest absolute Gasteiger partial charge is 0.368 e. The smallest absolute Gasteiger partial charge is 0.152 e. The molecule has 0 aromatic heterocycles. The van der Waals surface area contributed by atoms with E-state index in [9.17, 15) is 0 Å². The Morgan fingerprint density at radius 2 is 2.00 bits per heavy atom. The van der Waals surface area contributed by atoms with E-state index in [0.29, 0.717) is 6.61 Å². The molecule has 0 unspecified atom stereocenters. The third-order valence-corrected chi connectivity index (χ3v) is 1.33. The first-order chi connectivity index (χ1) is 5.29. The molecule has 11 heavy (non-hydrogen) atoms. The van der Waals surface area contributed by atoms with Crippen LogP contribution >= 0.6 is 0 Å². The van der Waals surface area contributed by atoms with E-state index in [1.54, 1.807) is 6.92 Å². The molecule has 1 rings (SSSR count). The highest BCUT2D eigenvalue weighted by atomic mass is 16.6. The molecular weight excluding hydrogens is 140 g/mol. The first-order valence-electron chi connectivity index (χ1n) is 3.62. The molecule has 0 saturated heterocycles. The van der Waals surface area contributed by atoms with Crippen molar-refractivity contribution in [2.45, 2.75) is 19.8 Å². The lowest BCUT2D eigenvalue weighted by Crippen LogP contribution is -2.05. The highest BCUT2D eigenvalue weighted by molar-refractivity contribution is 5.13. The number of benzene rings is 1. The summed E-state index contributed by atoms with van der Waals surface area (Å²) in [5, 5.41) is 8.79. The summed E-state index contributed by atoms with van der Waals surface area (Å²) in [5.74, 6) is 0. The number of ether oxygens (including phenoxy) is 1. The second-order valence-electron chi connectivity index (χ2n) is 2.40. The summed E-state index contributed by atoms with van der Waals surface area (Å²) in [7, 11) is 0. The maximum absolute atomic E-state index is 8.79. The van der Waals surface area contributed by atoms with Gasteiger partial charge in [0.05, 0.1) is 6.61 Å². The van der Waals surface area contributed by atoms with Crippen molar-refractivity contribution >= 4 is 0 Å². The highest BCUT2D eigenvalue weighted by Crippen LogP contribution is 2.01. The molecule has 0 aliphatic heterocycles. The molecular formula is C9H12O2. The molecule has 1 atom stereocenters. The molecule has 0 spiro atoms. The summed E-state index contributed by atoms with van der Waals surface area (Å²) in [5.41, 5.74) is 1.08. The minimum absolute atomic E-state index is 0.471. The summed E-state index contributed by atoms with van der Waals surface area (Å²) in [6, 6.07) is 9.76. The van der Waals surface area contributed by atoms with Gasteiger partial charge in [-0.2, -0.15) is 0 Å². The normalized spacial score (nSPS) is 12.9. The van der Waals surface area contributed by atoms with Crippen LogP contribution < -0.4 is 0 Å². The Hall–Kier alpha value is -0.860. The quantitative estimate of drug-likeness (QED) is 0.666. The highest BCUT2D eigenvalue weighted by Gasteiger charge is 1.94. The van der Waals surface area contributed by atoms with E-state index < -0.39 is 6.29 Å². The van der Waals surface area contributed by atoms with Crippen molar-refractivity contribution < 1.29 is 9.84 Å². The van der Waals surface area contributed by atoms with Crippen molar-refractivity contribution in [3.8, 4) is 0 Å². The Kier molecular flexibility index (Phi) is 3.08. The van der Waals surface area contributed by atoms with Crippen LogP contribution in [0.1, 0.15) is 12.5 Å². The number of rotatable bonds is 3. The monoisotopic (exact) mass is 152 g/mol. The zero-order valence-corrected chi connectivity index (χ0v) is 6.53. The van der Waals surface area contributed by atoms with Crippen LogP contribution in [0.15, 0.2) is 30.3 Å². The van der Waals surface area contributed by atoms with Gasteiger partial charge in [0.15, 0.2) is 6.29 Å². The van der Waals surface area contributed by atoms with Gasteiger partial charge in [-0.25, -0.2) is 0 Å². The van der Waals surface area contributed by atoms with Crippen LogP contribution in [0, 0.1) is 0 Å². The fraction of sp³-hybridized carbons (Fsp3) is 0.333. The van der Waals surface area contributed by atoms with Crippen molar-refractivity contribution in [2.24, 2.45) is 0 Å². The van der Waals surface area contributed by atoms with Crippen LogP contribution in [0.5, 0.6) is 0 Å². The van der Waals surface area contributed by atoms with Crippen LogP contribution in [-0.2, 0) is 11.3 Å². The van der Waals surface area contributed by atoms with Crippen LogP contribution in [0.4, 0.5) is 0 Å². The van der Waals surface area contributed by atoms with Crippen LogP contribution in [0.2, 0.25) is 0 Å². The molecule has 2 nitrogen and oxygen atoms in total. The molecule has 1 aromatic rings. The molecule has 0 aliphatic rings. The summed E-state index contributed by atoms with van der Waals surface area (Å²) in [6.07, 6.45) is -0.685. The molecule has 1 aromatic carbocycles. The Morgan fingerprint density at radius 1 is 1.36 bits per heavy atom. The third-order valence-electron chi connectivity index (χ3n) is 1.33. The molecule has 60 valence electrons. The average Bonchev–Trinajstić information content (AvgIpc) is 2.03. The molecule has 0 radical (unpaired) electrons. The zero-order valence-electron chi connectivity index (χ0n) is 6.53. The standard InChI is InChI=1S/C9H12O2/c1-8(10)11-7-9-5-3-2-4-6-9/h2-6,8,10H,7H2,1H3/t8-/m0/s1. The first kappa shape index (κ1) is 8.24. The van der Waals surface area contributed by atoms with E-state index in [1.165, 1.54) is 0 Å². The number of hydrogen-bond acceptors (Lipinski definition) is 2. The molecule has 0 heterocycles. The fourth-order valence-corrected chi connectivity index (χ4v) is 0.791. The Balaban J connectivity index is 2.39. The summed E-state index contributed by atoms with van der Waals surface area (Å²) >= 11 is 0. The van der Waals surface area contributed by atoms with E-state index in [4.69, 9.17) is 9.84 Å². The summed E-state index contributed by atoms with van der Waals surface area (Å²) in [4.78, 5) is 0. The predicted octanol–water partition coefficient (Wildman–Crippen LogP) is 1.54. The van der Waals surface area contributed by atoms with Gasteiger partial charge < -0.3 is 9.84 Å². The minimum Gasteiger partial charge on any atom is -0.368 e. The summed E-state index contributed by atoms with van der Waals surface area (Å²) < 4.78 is 4.98. The van der Waals surface area contributed by atoms with E-state index in [2.05, 4.69) is 0 Å². The van der Waals surface area contributed by atoms with Gasteiger partial charge >= 0.3 is 0 Å². The summed E-state index contributed by atoms with van der Waals surface area (Å²) in [6.45, 7) is 2.07. The van der Waals surface area contributed by atoms with Crippen LogP contribution in [-0.4, -0.2) is 11.4 Å². The molecule has 2 heteroatoms. The second-order valence-corrected chi connectivity index (χ2v) is 2.40. The minimum atomic E-state index is -0.685. The molecule has 0 amide bonds. The molecule has 0 bridgehead atoms. The van der Waals surface area contributed by atoms with Crippen molar-refractivity contribution in [1.82, 2.24) is 0 Å². The van der Waals surface area contributed by atoms with Crippen molar-refractivity contribution in [3.63, 3.8) is 0 Å². The molecule has 1 N–H and O–H groups in total. The lowest BCUT2D eigenvalue weighted by molar-refractivity contribution is -0.0939. The number of aliphatic hydroxyl groups is 1. The van der Waals surface area contributed by atoms with Gasteiger partial charge in [0.2, 0.25) is 0 Å². The van der Waals surface area contributed by atoms with Gasteiger partial charge in [0.25, 0.3) is 0 Å². The van der Waals surface area contributed by atoms with E-state index in [-0.39, 0.29) is 0 Å². The van der Waals surface area contributed by atoms with E-state index in [0.717, 1.165) is 5.56 Å². The zero-order chi connectivity index (χ0) is 8.10. The Bertz CT molecular complexity index is 194. The second kappa shape index (κ2) is 4.11. The predicted molar refractivity (Wildman–Crippen MR) is 42.9 cm³/mol. The average molecular weight is 152 g/mol. The lowest BCUT2D eigenvalue weighted by atomic mass is 10.2. The lowest BCUT2D eigenvalue weighted by Gasteiger charge is -2.05. The topological polar surface area (TPSA) is 29.5 Å². The van der Waals surface area contributed by atoms with Crippen molar-refractivity contribution in [3.05, 3.63) is 35.9 Å². The Morgan fingerprint density at radius 3 is 2.55 bits per heavy atom. The van der Waals surface area contributed by atoms with Gasteiger partial charge in [-0.3, -0.25) is 0 Å². The van der Waals surface area contributed by atoms with Crippen molar-refractivity contribution in [1.29, 1.82) is 0 Å². The van der Waals surface area contributed by atoms with Crippen LogP contribution in [0.3, 0.4) is 0 Å². The molecule has 0 saturated carbocycles. The Labute approximate surface area is 66.4 Å². The maximum atomic E-state index is 8.79. The molecule has 0 aliphatic carbocycles. The van der Waals surface area contributed by atoms with E-state index in [1.807, 2.05) is 30.3 Å². The number of aliphatic hydroxyl groups excluding tert-OH is 1. The SMILES string of the molecule is C[C@@H](O)OCc1ccccc1. The van der Waals surface area contributed by atoms with E-state index >= 15 is 0 Å². The number of hydrogen-bond donors (Lipinski definition) is 1. The van der Waals surface area contributed by atoms with Crippen LogP contribution in [0.25, 0.3) is 0 Å². The molecule has 0 fully saturated rings. The fourth-order valence-electron chi connectivity index (χ4n) is 0.791. The van der Waals surface area contributed by atoms with Gasteiger partial charge in [-0.15, -0.1) is 0 Å². The van der Waals surface area contributed by atoms with Gasteiger partial charge in [0.1, 0.15) is 0 Å². The first-order valence-corrected chi connectivity index (χ1v) is 3.62. The van der Waals surface area contributed by atoms with Crippen molar-refractivity contribution in [2.75, 3.05) is 0 Å². The third kappa shape index (κ3) is 3.16. The maximum Gasteiger partial charge on any atom is 0.152 e.